The van der Waals surface area contributed by atoms with E-state index in [2.05, 4.69) is 70.7 Å². The van der Waals surface area contributed by atoms with Gasteiger partial charge in [-0.1, -0.05) is 84.9 Å². The van der Waals surface area contributed by atoms with Crippen LogP contribution in [0, 0.1) is 0 Å². The number of hydrogen-bond donors (Lipinski definition) is 2. The fourth-order valence-electron chi connectivity index (χ4n) is 4.29. The lowest BCUT2D eigenvalue weighted by molar-refractivity contribution is -0.138. The van der Waals surface area contributed by atoms with Crippen LogP contribution in [0.25, 0.3) is 27.7 Å². The van der Waals surface area contributed by atoms with Gasteiger partial charge in [-0.05, 0) is 51.9 Å². The largest absolute Gasteiger partial charge is 0.480 e. The molecule has 5 aromatic rings. The maximum atomic E-state index is 12.1. The molecule has 2 N–H and O–H groups in total. The van der Waals surface area contributed by atoms with Crippen molar-refractivity contribution in [2.75, 3.05) is 5.75 Å². The second kappa shape index (κ2) is 12.4. The van der Waals surface area contributed by atoms with Crippen molar-refractivity contribution in [1.29, 1.82) is 0 Å². The van der Waals surface area contributed by atoms with Gasteiger partial charge in [-0.2, -0.15) is 11.8 Å². The zero-order chi connectivity index (χ0) is 27.0. The van der Waals surface area contributed by atoms with Crippen molar-refractivity contribution < 1.29 is 19.4 Å². The van der Waals surface area contributed by atoms with Gasteiger partial charge >= 0.3 is 12.1 Å². The van der Waals surface area contributed by atoms with Crippen LogP contribution in [0.2, 0.25) is 0 Å². The third-order valence-corrected chi connectivity index (χ3v) is 7.49. The van der Waals surface area contributed by atoms with Gasteiger partial charge in [0.2, 0.25) is 0 Å². The number of aromatic nitrogens is 1. The summed E-state index contributed by atoms with van der Waals surface area (Å²) >= 11 is 1.45. The monoisotopic (exact) mass is 536 g/mol. The molecule has 0 saturated carbocycles. The summed E-state index contributed by atoms with van der Waals surface area (Å²) in [5, 5.41) is 13.2. The maximum absolute atomic E-state index is 12.1. The molecule has 0 unspecified atom stereocenters. The van der Waals surface area contributed by atoms with Crippen molar-refractivity contribution in [3.05, 3.63) is 127 Å². The Morgan fingerprint density at radius 2 is 1.46 bits per heavy atom. The van der Waals surface area contributed by atoms with Crippen molar-refractivity contribution in [2.45, 2.75) is 18.4 Å². The Bertz CT molecular complexity index is 1550. The van der Waals surface area contributed by atoms with Gasteiger partial charge in [-0.25, -0.2) is 9.59 Å². The van der Waals surface area contributed by atoms with E-state index in [0.29, 0.717) is 5.75 Å². The van der Waals surface area contributed by atoms with Crippen molar-refractivity contribution in [3.8, 4) is 16.8 Å². The fraction of sp³-hybridized carbons (Fsp3) is 0.125. The van der Waals surface area contributed by atoms with Crippen molar-refractivity contribution in [2.24, 2.45) is 0 Å². The highest BCUT2D eigenvalue weighted by Crippen LogP contribution is 2.25. The normalized spacial score (nSPS) is 11.7. The first kappa shape index (κ1) is 26.1. The summed E-state index contributed by atoms with van der Waals surface area (Å²) in [5.74, 6) is -0.233. The second-order valence-corrected chi connectivity index (χ2v) is 10.1. The number of carboxylic acid groups (broad SMARTS) is 1. The van der Waals surface area contributed by atoms with Crippen LogP contribution in [0.5, 0.6) is 0 Å². The minimum absolute atomic E-state index is 0.0878. The van der Waals surface area contributed by atoms with Crippen LogP contribution in [0.4, 0.5) is 4.79 Å². The maximum Gasteiger partial charge on any atom is 0.408 e. The Balaban J connectivity index is 1.13. The van der Waals surface area contributed by atoms with Gasteiger partial charge in [-0.3, -0.25) is 0 Å². The molecule has 39 heavy (non-hydrogen) atoms. The number of aliphatic carboxylic acids is 1. The average molecular weight is 537 g/mol. The summed E-state index contributed by atoms with van der Waals surface area (Å²) in [4.78, 5) is 23.7. The number of thioether (sulfide) groups is 1. The third kappa shape index (κ3) is 6.69. The van der Waals surface area contributed by atoms with Crippen LogP contribution in [0.3, 0.4) is 0 Å². The number of para-hydroxylation sites is 1. The quantitative estimate of drug-likeness (QED) is 0.203. The van der Waals surface area contributed by atoms with Crippen molar-refractivity contribution in [1.82, 2.24) is 9.88 Å². The third-order valence-electron chi connectivity index (χ3n) is 6.39. The molecule has 1 atom stereocenters. The highest BCUT2D eigenvalue weighted by Gasteiger charge is 2.20. The number of alkyl carbamates (subject to hydrolysis) is 1. The van der Waals surface area contributed by atoms with Gasteiger partial charge in [-0.15, -0.1) is 0 Å². The molecule has 0 aliphatic heterocycles. The Morgan fingerprint density at radius 3 is 2.18 bits per heavy atom. The van der Waals surface area contributed by atoms with Gasteiger partial charge in [0.05, 0.1) is 5.52 Å². The highest BCUT2D eigenvalue weighted by molar-refractivity contribution is 7.98. The summed E-state index contributed by atoms with van der Waals surface area (Å²) in [6, 6.07) is 35.4. The summed E-state index contributed by atoms with van der Waals surface area (Å²) in [6.45, 7) is 0.0878. The molecular formula is C32H28N2O4S. The SMILES string of the molecule is O=C(N[C@@H](CSCc1ccc(-c2ccc(-n3ccc4ccccc43)cc2)cc1)C(=O)O)OCc1ccccc1. The van der Waals surface area contributed by atoms with Crippen LogP contribution >= 0.6 is 11.8 Å². The number of nitrogens with zero attached hydrogens (tertiary/aromatic N) is 1. The van der Waals surface area contributed by atoms with E-state index in [-0.39, 0.29) is 12.4 Å². The predicted molar refractivity (Wildman–Crippen MR) is 156 cm³/mol. The number of amides is 1. The lowest BCUT2D eigenvalue weighted by atomic mass is 10.0. The zero-order valence-corrected chi connectivity index (χ0v) is 22.0. The lowest BCUT2D eigenvalue weighted by Gasteiger charge is -2.14. The molecular weight excluding hydrogens is 508 g/mol. The Morgan fingerprint density at radius 1 is 0.795 bits per heavy atom. The Hall–Kier alpha value is -4.49. The summed E-state index contributed by atoms with van der Waals surface area (Å²) in [5.41, 5.74) is 6.44. The van der Waals surface area contributed by atoms with E-state index in [1.165, 1.54) is 22.7 Å². The van der Waals surface area contributed by atoms with E-state index in [1.54, 1.807) is 0 Å². The number of nitrogens with one attached hydrogen (secondary N) is 1. The Labute approximate surface area is 231 Å². The number of ether oxygens (including phenoxy) is 1. The van der Waals surface area contributed by atoms with Crippen LogP contribution in [-0.2, 0) is 21.9 Å². The fourth-order valence-corrected chi connectivity index (χ4v) is 5.30. The minimum Gasteiger partial charge on any atom is -0.480 e. The molecule has 7 heteroatoms. The number of hydrogen-bond acceptors (Lipinski definition) is 4. The van der Waals surface area contributed by atoms with Crippen molar-refractivity contribution >= 4 is 34.7 Å². The first-order valence-electron chi connectivity index (χ1n) is 12.6. The number of benzene rings is 4. The molecule has 0 spiro atoms. The number of fused-ring (bicyclic) bond motifs is 1. The van der Waals surface area contributed by atoms with E-state index < -0.39 is 18.1 Å². The molecule has 1 amide bonds. The number of carboxylic acids is 1. The van der Waals surface area contributed by atoms with E-state index in [9.17, 15) is 14.7 Å². The number of carbonyl (C=O) groups excluding carboxylic acids is 1. The van der Waals surface area contributed by atoms with E-state index in [4.69, 9.17) is 4.74 Å². The van der Waals surface area contributed by atoms with E-state index >= 15 is 0 Å². The van der Waals surface area contributed by atoms with E-state index in [0.717, 1.165) is 27.9 Å². The van der Waals surface area contributed by atoms with Crippen LogP contribution in [0.15, 0.2) is 115 Å². The molecule has 0 radical (unpaired) electrons. The first-order valence-corrected chi connectivity index (χ1v) is 13.8. The molecule has 0 fully saturated rings. The predicted octanol–water partition coefficient (Wildman–Crippen LogP) is 6.91. The van der Waals surface area contributed by atoms with Crippen LogP contribution in [-0.4, -0.2) is 33.5 Å². The first-order chi connectivity index (χ1) is 19.1. The molecule has 1 heterocycles. The molecule has 0 saturated heterocycles. The molecule has 0 aliphatic carbocycles. The number of carbonyl (C=O) groups is 2. The molecule has 0 bridgehead atoms. The van der Waals surface area contributed by atoms with Crippen LogP contribution < -0.4 is 5.32 Å². The molecule has 1 aromatic heterocycles. The Kier molecular flexibility index (Phi) is 8.29. The topological polar surface area (TPSA) is 80.6 Å². The minimum atomic E-state index is -1.09. The highest BCUT2D eigenvalue weighted by atomic mass is 32.2. The summed E-state index contributed by atoms with van der Waals surface area (Å²) in [7, 11) is 0. The lowest BCUT2D eigenvalue weighted by Crippen LogP contribution is -2.42. The van der Waals surface area contributed by atoms with E-state index in [1.807, 2.05) is 54.6 Å². The van der Waals surface area contributed by atoms with Crippen molar-refractivity contribution in [3.63, 3.8) is 0 Å². The number of rotatable bonds is 10. The summed E-state index contributed by atoms with van der Waals surface area (Å²) in [6.07, 6.45) is 1.34. The smallest absolute Gasteiger partial charge is 0.408 e. The molecule has 0 aliphatic rings. The van der Waals surface area contributed by atoms with Gasteiger partial charge in [0.25, 0.3) is 0 Å². The average Bonchev–Trinajstić information content (AvgIpc) is 3.41. The molecule has 5 rings (SSSR count). The standard InChI is InChI=1S/C32H28N2O4S/c35-31(36)29(33-32(37)38-20-23-6-2-1-3-7-23)22-39-21-24-10-12-25(13-11-24)26-14-16-28(17-15-26)34-19-18-27-8-4-5-9-30(27)34/h1-19,29H,20-22H2,(H,33,37)(H,35,36)/t29-/m0/s1. The van der Waals surface area contributed by atoms with Crippen LogP contribution in [0.1, 0.15) is 11.1 Å². The molecule has 196 valence electrons. The summed E-state index contributed by atoms with van der Waals surface area (Å²) < 4.78 is 7.33. The van der Waals surface area contributed by atoms with Gasteiger partial charge in [0.15, 0.2) is 0 Å². The molecule has 6 nitrogen and oxygen atoms in total. The zero-order valence-electron chi connectivity index (χ0n) is 21.2. The van der Waals surface area contributed by atoms with Gasteiger partial charge < -0.3 is 19.7 Å². The molecule has 4 aromatic carbocycles. The second-order valence-electron chi connectivity index (χ2n) is 9.10. The van der Waals surface area contributed by atoms with Gasteiger partial charge in [0.1, 0.15) is 12.6 Å². The van der Waals surface area contributed by atoms with Gasteiger partial charge in [0, 0.05) is 23.4 Å².